The number of thiophene rings is 1. The summed E-state index contributed by atoms with van der Waals surface area (Å²) in [7, 11) is 3.45. The van der Waals surface area contributed by atoms with E-state index in [1.807, 2.05) is 41.5 Å². The van der Waals surface area contributed by atoms with Gasteiger partial charge in [-0.1, -0.05) is 23.4 Å². The Balaban J connectivity index is 1.49. The molecule has 0 fully saturated rings. The van der Waals surface area contributed by atoms with Crippen molar-refractivity contribution in [1.29, 1.82) is 0 Å². The van der Waals surface area contributed by atoms with Gasteiger partial charge in [-0.2, -0.15) is 4.98 Å². The molecule has 0 radical (unpaired) electrons. The molecule has 1 aromatic carbocycles. The Hall–Kier alpha value is -3.00. The third-order valence-electron chi connectivity index (χ3n) is 4.71. The summed E-state index contributed by atoms with van der Waals surface area (Å²) in [5.74, 6) is 1.20. The van der Waals surface area contributed by atoms with E-state index < -0.39 is 0 Å². The van der Waals surface area contributed by atoms with Crippen LogP contribution < -0.4 is 0 Å². The Morgan fingerprint density at radius 1 is 1.13 bits per heavy atom. The fourth-order valence-electron chi connectivity index (χ4n) is 3.02. The van der Waals surface area contributed by atoms with Gasteiger partial charge in [-0.3, -0.25) is 9.59 Å². The number of carbonyl (C=O) groups excluding carboxylic acids is 2. The number of hydrogen-bond acceptors (Lipinski definition) is 6. The molecule has 2 heterocycles. The number of benzene rings is 1. The molecule has 3 aromatic rings. The van der Waals surface area contributed by atoms with Gasteiger partial charge in [0.05, 0.1) is 4.88 Å². The number of nitrogens with zero attached hydrogens (tertiary/aromatic N) is 4. The molecular weight excluding hydrogens is 400 g/mol. The van der Waals surface area contributed by atoms with Gasteiger partial charge in [-0.25, -0.2) is 0 Å². The molecule has 0 saturated carbocycles. The van der Waals surface area contributed by atoms with Crippen LogP contribution in [0.4, 0.5) is 0 Å². The number of carbonyl (C=O) groups is 2. The number of aromatic nitrogens is 2. The predicted octanol–water partition coefficient (Wildman–Crippen LogP) is 3.87. The van der Waals surface area contributed by atoms with E-state index in [9.17, 15) is 9.59 Å². The summed E-state index contributed by atoms with van der Waals surface area (Å²) in [5.41, 5.74) is 1.64. The van der Waals surface area contributed by atoms with Crippen molar-refractivity contribution in [1.82, 2.24) is 19.9 Å². The summed E-state index contributed by atoms with van der Waals surface area (Å²) >= 11 is 1.56. The Labute approximate surface area is 180 Å². The number of hydrogen-bond donors (Lipinski definition) is 0. The standard InChI is InChI=1S/C22H26N4O3S/c1-4-26(15-16-10-12-17(13-11-16)22(28)25(2)3)20(27)9-5-8-19-23-21(24-29-19)18-7-6-14-30-18/h6-7,10-14H,4-5,8-9,15H2,1-3H3. The first kappa shape index (κ1) is 21.7. The minimum absolute atomic E-state index is 0.0340. The molecule has 0 saturated heterocycles. The zero-order valence-electron chi connectivity index (χ0n) is 17.5. The van der Waals surface area contributed by atoms with Crippen LogP contribution in [-0.2, 0) is 17.8 Å². The van der Waals surface area contributed by atoms with E-state index in [1.54, 1.807) is 42.5 Å². The van der Waals surface area contributed by atoms with Crippen LogP contribution in [0.15, 0.2) is 46.3 Å². The number of rotatable bonds is 9. The van der Waals surface area contributed by atoms with E-state index in [4.69, 9.17) is 4.52 Å². The van der Waals surface area contributed by atoms with Crippen LogP contribution in [0.3, 0.4) is 0 Å². The number of amides is 2. The van der Waals surface area contributed by atoms with Crippen molar-refractivity contribution in [2.75, 3.05) is 20.6 Å². The molecule has 7 nitrogen and oxygen atoms in total. The Kier molecular flexibility index (Phi) is 7.35. The maximum atomic E-state index is 12.6. The monoisotopic (exact) mass is 426 g/mol. The molecule has 0 bridgehead atoms. The first-order valence-electron chi connectivity index (χ1n) is 9.92. The molecule has 0 aliphatic carbocycles. The second-order valence-corrected chi connectivity index (χ2v) is 8.09. The lowest BCUT2D eigenvalue weighted by Crippen LogP contribution is -2.30. The quantitative estimate of drug-likeness (QED) is 0.519. The van der Waals surface area contributed by atoms with Gasteiger partial charge in [0.1, 0.15) is 0 Å². The minimum Gasteiger partial charge on any atom is -0.345 e. The average Bonchev–Trinajstić information content (AvgIpc) is 3.43. The lowest BCUT2D eigenvalue weighted by Gasteiger charge is -2.21. The van der Waals surface area contributed by atoms with E-state index in [1.165, 1.54) is 0 Å². The molecule has 0 aliphatic rings. The minimum atomic E-state index is -0.0340. The molecular formula is C22H26N4O3S. The number of aryl methyl sites for hydroxylation is 1. The largest absolute Gasteiger partial charge is 0.345 e. The van der Waals surface area contributed by atoms with Gasteiger partial charge in [0.25, 0.3) is 5.91 Å². The summed E-state index contributed by atoms with van der Waals surface area (Å²) in [6.45, 7) is 3.11. The average molecular weight is 427 g/mol. The van der Waals surface area contributed by atoms with E-state index in [-0.39, 0.29) is 11.8 Å². The van der Waals surface area contributed by atoms with E-state index in [0.717, 1.165) is 10.4 Å². The second-order valence-electron chi connectivity index (χ2n) is 7.15. The summed E-state index contributed by atoms with van der Waals surface area (Å²) in [6, 6.07) is 11.3. The summed E-state index contributed by atoms with van der Waals surface area (Å²) in [6.07, 6.45) is 1.64. The fourth-order valence-corrected chi connectivity index (χ4v) is 3.67. The molecule has 8 heteroatoms. The van der Waals surface area contributed by atoms with Crippen LogP contribution in [0.5, 0.6) is 0 Å². The SMILES string of the molecule is CCN(Cc1ccc(C(=O)N(C)C)cc1)C(=O)CCCc1nc(-c2cccs2)no1. The molecule has 3 rings (SSSR count). The van der Waals surface area contributed by atoms with Crippen molar-refractivity contribution in [3.05, 3.63) is 58.8 Å². The van der Waals surface area contributed by atoms with Crippen LogP contribution in [0.25, 0.3) is 10.7 Å². The molecule has 0 unspecified atom stereocenters. The molecule has 2 aromatic heterocycles. The van der Waals surface area contributed by atoms with Gasteiger partial charge in [0, 0.05) is 45.6 Å². The topological polar surface area (TPSA) is 79.5 Å². The molecule has 158 valence electrons. The zero-order chi connectivity index (χ0) is 21.5. The van der Waals surface area contributed by atoms with Crippen molar-refractivity contribution in [2.24, 2.45) is 0 Å². The highest BCUT2D eigenvalue weighted by Gasteiger charge is 2.15. The van der Waals surface area contributed by atoms with E-state index in [0.29, 0.717) is 49.6 Å². The van der Waals surface area contributed by atoms with Crippen molar-refractivity contribution in [2.45, 2.75) is 32.7 Å². The van der Waals surface area contributed by atoms with Crippen LogP contribution in [0, 0.1) is 0 Å². The third kappa shape index (κ3) is 5.54. The maximum Gasteiger partial charge on any atom is 0.253 e. The molecule has 30 heavy (non-hydrogen) atoms. The van der Waals surface area contributed by atoms with Crippen LogP contribution in [0.1, 0.15) is 41.6 Å². The highest BCUT2D eigenvalue weighted by Crippen LogP contribution is 2.21. The van der Waals surface area contributed by atoms with Crippen LogP contribution in [0.2, 0.25) is 0 Å². The Morgan fingerprint density at radius 3 is 2.53 bits per heavy atom. The lowest BCUT2D eigenvalue weighted by atomic mass is 10.1. The zero-order valence-corrected chi connectivity index (χ0v) is 18.3. The summed E-state index contributed by atoms with van der Waals surface area (Å²) < 4.78 is 5.29. The van der Waals surface area contributed by atoms with Crippen molar-refractivity contribution < 1.29 is 14.1 Å². The van der Waals surface area contributed by atoms with E-state index in [2.05, 4.69) is 10.1 Å². The Morgan fingerprint density at radius 2 is 1.90 bits per heavy atom. The maximum absolute atomic E-state index is 12.6. The van der Waals surface area contributed by atoms with Crippen molar-refractivity contribution in [3.8, 4) is 10.7 Å². The molecule has 0 spiro atoms. The van der Waals surface area contributed by atoms with Gasteiger partial charge in [0.15, 0.2) is 0 Å². The lowest BCUT2D eigenvalue weighted by molar-refractivity contribution is -0.131. The second kappa shape index (κ2) is 10.2. The van der Waals surface area contributed by atoms with Crippen molar-refractivity contribution in [3.63, 3.8) is 0 Å². The highest BCUT2D eigenvalue weighted by atomic mass is 32.1. The summed E-state index contributed by atoms with van der Waals surface area (Å²) in [5, 5.41) is 5.97. The molecule has 0 atom stereocenters. The fraction of sp³-hybridized carbons (Fsp3) is 0.364. The third-order valence-corrected chi connectivity index (χ3v) is 5.57. The van der Waals surface area contributed by atoms with Gasteiger partial charge in [-0.15, -0.1) is 11.3 Å². The van der Waals surface area contributed by atoms with E-state index >= 15 is 0 Å². The molecule has 0 N–H and O–H groups in total. The molecule has 0 aliphatic heterocycles. The van der Waals surface area contributed by atoms with Gasteiger partial charge in [0.2, 0.25) is 17.6 Å². The Bertz CT molecular complexity index is 965. The predicted molar refractivity (Wildman–Crippen MR) is 116 cm³/mol. The summed E-state index contributed by atoms with van der Waals surface area (Å²) in [4.78, 5) is 33.3. The normalized spacial score (nSPS) is 10.8. The van der Waals surface area contributed by atoms with Crippen LogP contribution in [-0.4, -0.2) is 52.4 Å². The van der Waals surface area contributed by atoms with Crippen molar-refractivity contribution >= 4 is 23.2 Å². The first-order valence-corrected chi connectivity index (χ1v) is 10.8. The van der Waals surface area contributed by atoms with Crippen LogP contribution >= 0.6 is 11.3 Å². The highest BCUT2D eigenvalue weighted by molar-refractivity contribution is 7.13. The smallest absolute Gasteiger partial charge is 0.253 e. The first-order chi connectivity index (χ1) is 14.5. The van der Waals surface area contributed by atoms with Gasteiger partial charge < -0.3 is 14.3 Å². The van der Waals surface area contributed by atoms with Gasteiger partial charge in [-0.05, 0) is 42.5 Å². The molecule has 2 amide bonds. The van der Waals surface area contributed by atoms with Gasteiger partial charge >= 0.3 is 0 Å².